The number of aryl methyl sites for hydroxylation is 2. The standard InChI is InChI=1S/C22H25N5O4S2/c1-13-14(2)33-21-19(13)20(28)23-18(24-21)12-32-15(3)22(29)26-10-8-25(9-11-26)16-4-6-17(7-5-16)27(30)31/h4-7,15H,8-12H2,1-3H3,(H,23,24,28)/t15-/m0/s1. The van der Waals surface area contributed by atoms with Crippen molar-refractivity contribution < 1.29 is 9.72 Å². The van der Waals surface area contributed by atoms with Crippen LogP contribution in [0.25, 0.3) is 10.2 Å². The predicted octanol–water partition coefficient (Wildman–Crippen LogP) is 3.48. The van der Waals surface area contributed by atoms with Crippen molar-refractivity contribution in [2.24, 2.45) is 0 Å². The van der Waals surface area contributed by atoms with Crippen LogP contribution in [0.4, 0.5) is 11.4 Å². The molecule has 174 valence electrons. The molecule has 0 saturated carbocycles. The van der Waals surface area contributed by atoms with Crippen LogP contribution in [-0.4, -0.2) is 57.1 Å². The largest absolute Gasteiger partial charge is 0.368 e. The lowest BCUT2D eigenvalue weighted by Gasteiger charge is -2.37. The summed E-state index contributed by atoms with van der Waals surface area (Å²) >= 11 is 2.98. The molecule has 0 unspecified atom stereocenters. The smallest absolute Gasteiger partial charge is 0.269 e. The number of nitro benzene ring substituents is 1. The van der Waals surface area contributed by atoms with E-state index in [1.54, 1.807) is 12.1 Å². The van der Waals surface area contributed by atoms with Gasteiger partial charge in [0.2, 0.25) is 5.91 Å². The highest BCUT2D eigenvalue weighted by Crippen LogP contribution is 2.27. The van der Waals surface area contributed by atoms with E-state index < -0.39 is 4.92 Å². The van der Waals surface area contributed by atoms with Crippen molar-refractivity contribution in [2.75, 3.05) is 31.1 Å². The fourth-order valence-corrected chi connectivity index (χ4v) is 5.76. The minimum absolute atomic E-state index is 0.0644. The molecule has 1 amide bonds. The van der Waals surface area contributed by atoms with Crippen molar-refractivity contribution in [3.63, 3.8) is 0 Å². The number of hydrogen-bond acceptors (Lipinski definition) is 8. The summed E-state index contributed by atoms with van der Waals surface area (Å²) in [6.07, 6.45) is 0. The number of non-ortho nitro benzene ring substituents is 1. The number of amides is 1. The van der Waals surface area contributed by atoms with Crippen molar-refractivity contribution in [1.82, 2.24) is 14.9 Å². The van der Waals surface area contributed by atoms with Crippen molar-refractivity contribution >= 4 is 50.6 Å². The number of benzene rings is 1. The molecular formula is C22H25N5O4S2. The van der Waals surface area contributed by atoms with Crippen LogP contribution in [0.5, 0.6) is 0 Å². The maximum atomic E-state index is 12.9. The van der Waals surface area contributed by atoms with Gasteiger partial charge in [0.25, 0.3) is 11.2 Å². The summed E-state index contributed by atoms with van der Waals surface area (Å²) in [5.74, 6) is 1.10. The number of anilines is 1. The Labute approximate surface area is 199 Å². The second kappa shape index (κ2) is 9.52. The number of nitrogens with one attached hydrogen (secondary N) is 1. The van der Waals surface area contributed by atoms with Gasteiger partial charge in [0, 0.05) is 48.9 Å². The molecule has 1 atom stereocenters. The Balaban J connectivity index is 1.32. The topological polar surface area (TPSA) is 112 Å². The number of aromatic amines is 1. The minimum Gasteiger partial charge on any atom is -0.368 e. The van der Waals surface area contributed by atoms with Crippen LogP contribution in [-0.2, 0) is 10.5 Å². The molecule has 0 spiro atoms. The van der Waals surface area contributed by atoms with Gasteiger partial charge in [-0.1, -0.05) is 0 Å². The second-order valence-electron chi connectivity index (χ2n) is 8.02. The SMILES string of the molecule is Cc1sc2nc(CS[C@@H](C)C(=O)N3CCN(c4ccc([N+](=O)[O-])cc4)CC3)[nH]c(=O)c2c1C. The molecule has 1 fully saturated rings. The number of hydrogen-bond donors (Lipinski definition) is 1. The third-order valence-corrected chi connectivity index (χ3v) is 8.17. The van der Waals surface area contributed by atoms with Gasteiger partial charge >= 0.3 is 0 Å². The van der Waals surface area contributed by atoms with Crippen LogP contribution in [0, 0.1) is 24.0 Å². The summed E-state index contributed by atoms with van der Waals surface area (Å²) in [6.45, 7) is 8.32. The Kier molecular flexibility index (Phi) is 6.71. The molecule has 0 aliphatic carbocycles. The first-order valence-corrected chi connectivity index (χ1v) is 12.5. The van der Waals surface area contributed by atoms with Gasteiger partial charge in [-0.15, -0.1) is 23.1 Å². The van der Waals surface area contributed by atoms with Gasteiger partial charge in [-0.3, -0.25) is 19.7 Å². The third kappa shape index (κ3) is 4.88. The quantitative estimate of drug-likeness (QED) is 0.418. The molecule has 1 saturated heterocycles. The van der Waals surface area contributed by atoms with E-state index in [-0.39, 0.29) is 22.4 Å². The summed E-state index contributed by atoms with van der Waals surface area (Å²) < 4.78 is 0. The van der Waals surface area contributed by atoms with Gasteiger partial charge in [0.1, 0.15) is 10.7 Å². The first-order valence-electron chi connectivity index (χ1n) is 10.6. The lowest BCUT2D eigenvalue weighted by molar-refractivity contribution is -0.384. The molecule has 2 aromatic heterocycles. The van der Waals surface area contributed by atoms with Crippen molar-refractivity contribution in [3.05, 3.63) is 61.0 Å². The number of fused-ring (bicyclic) bond motifs is 1. The number of carbonyl (C=O) groups is 1. The number of thioether (sulfide) groups is 1. The summed E-state index contributed by atoms with van der Waals surface area (Å²) in [5, 5.41) is 11.2. The molecule has 33 heavy (non-hydrogen) atoms. The zero-order valence-corrected chi connectivity index (χ0v) is 20.3. The molecule has 0 radical (unpaired) electrons. The van der Waals surface area contributed by atoms with E-state index in [0.717, 1.165) is 21.0 Å². The van der Waals surface area contributed by atoms with Gasteiger partial charge in [-0.05, 0) is 38.5 Å². The highest BCUT2D eigenvalue weighted by Gasteiger charge is 2.26. The fraction of sp³-hybridized carbons (Fsp3) is 0.409. The van der Waals surface area contributed by atoms with E-state index >= 15 is 0 Å². The molecule has 1 aromatic carbocycles. The zero-order valence-electron chi connectivity index (χ0n) is 18.7. The van der Waals surface area contributed by atoms with Crippen molar-refractivity contribution in [2.45, 2.75) is 31.8 Å². The van der Waals surface area contributed by atoms with Crippen LogP contribution < -0.4 is 10.5 Å². The summed E-state index contributed by atoms with van der Waals surface area (Å²) in [7, 11) is 0. The highest BCUT2D eigenvalue weighted by atomic mass is 32.2. The van der Waals surface area contributed by atoms with Crippen molar-refractivity contribution in [1.29, 1.82) is 0 Å². The first kappa shape index (κ1) is 23.2. The number of thiophene rings is 1. The molecule has 1 N–H and O–H groups in total. The summed E-state index contributed by atoms with van der Waals surface area (Å²) in [6, 6.07) is 6.49. The number of nitro groups is 1. The van der Waals surface area contributed by atoms with Crippen LogP contribution in [0.15, 0.2) is 29.1 Å². The Morgan fingerprint density at radius 2 is 1.91 bits per heavy atom. The number of H-pyrrole nitrogens is 1. The van der Waals surface area contributed by atoms with E-state index in [9.17, 15) is 19.7 Å². The molecule has 0 bridgehead atoms. The lowest BCUT2D eigenvalue weighted by Crippen LogP contribution is -2.50. The Hall–Kier alpha value is -2.92. The van der Waals surface area contributed by atoms with E-state index in [1.807, 2.05) is 25.7 Å². The normalized spacial score (nSPS) is 15.1. The summed E-state index contributed by atoms with van der Waals surface area (Å²) in [4.78, 5) is 49.1. The molecule has 4 rings (SSSR count). The lowest BCUT2D eigenvalue weighted by atomic mass is 10.2. The van der Waals surface area contributed by atoms with Crippen LogP contribution in [0.2, 0.25) is 0 Å². The Morgan fingerprint density at radius 3 is 2.55 bits per heavy atom. The van der Waals surface area contributed by atoms with E-state index in [0.29, 0.717) is 43.1 Å². The van der Waals surface area contributed by atoms with Crippen LogP contribution in [0.3, 0.4) is 0 Å². The van der Waals surface area contributed by atoms with Gasteiger partial charge in [0.15, 0.2) is 0 Å². The van der Waals surface area contributed by atoms with Gasteiger partial charge in [-0.25, -0.2) is 4.98 Å². The van der Waals surface area contributed by atoms with Gasteiger partial charge in [-0.2, -0.15) is 0 Å². The second-order valence-corrected chi connectivity index (χ2v) is 10.5. The molecule has 1 aliphatic heterocycles. The predicted molar refractivity (Wildman–Crippen MR) is 132 cm³/mol. The maximum Gasteiger partial charge on any atom is 0.269 e. The molecule has 11 heteroatoms. The summed E-state index contributed by atoms with van der Waals surface area (Å²) in [5.41, 5.74) is 1.83. The number of aromatic nitrogens is 2. The average Bonchev–Trinajstić information content (AvgIpc) is 3.10. The molecule has 9 nitrogen and oxygen atoms in total. The zero-order chi connectivity index (χ0) is 23.7. The monoisotopic (exact) mass is 487 g/mol. The van der Waals surface area contributed by atoms with E-state index in [4.69, 9.17) is 0 Å². The molecular weight excluding hydrogens is 462 g/mol. The fourth-order valence-electron chi connectivity index (χ4n) is 3.87. The molecule has 1 aliphatic rings. The number of rotatable bonds is 6. The average molecular weight is 488 g/mol. The van der Waals surface area contributed by atoms with E-state index in [2.05, 4.69) is 14.9 Å². The Morgan fingerprint density at radius 1 is 1.24 bits per heavy atom. The van der Waals surface area contributed by atoms with Crippen LogP contribution >= 0.6 is 23.1 Å². The number of carbonyl (C=O) groups excluding carboxylic acids is 1. The third-order valence-electron chi connectivity index (χ3n) is 5.92. The Bertz CT molecular complexity index is 1250. The van der Waals surface area contributed by atoms with Crippen LogP contribution in [0.1, 0.15) is 23.2 Å². The van der Waals surface area contributed by atoms with Gasteiger partial charge in [0.05, 0.1) is 21.3 Å². The number of nitrogens with zero attached hydrogens (tertiary/aromatic N) is 4. The minimum atomic E-state index is -0.412. The molecule has 3 aromatic rings. The highest BCUT2D eigenvalue weighted by molar-refractivity contribution is 7.99. The number of piperazine rings is 1. The maximum absolute atomic E-state index is 12.9. The van der Waals surface area contributed by atoms with E-state index in [1.165, 1.54) is 35.2 Å². The van der Waals surface area contributed by atoms with Gasteiger partial charge < -0.3 is 14.8 Å². The molecule has 3 heterocycles. The van der Waals surface area contributed by atoms with Crippen molar-refractivity contribution in [3.8, 4) is 0 Å². The first-order chi connectivity index (χ1) is 15.7.